The molecular formula is C24H15ClF6N2O3. The quantitative estimate of drug-likeness (QED) is 0.390. The number of amides is 2. The normalized spacial score (nSPS) is 13.8. The lowest BCUT2D eigenvalue weighted by Gasteiger charge is -2.30. The molecule has 0 aromatic heterocycles. The summed E-state index contributed by atoms with van der Waals surface area (Å²) in [6.07, 6.45) is -10.2. The molecule has 1 aliphatic heterocycles. The summed E-state index contributed by atoms with van der Waals surface area (Å²) < 4.78 is 84.2. The molecule has 0 saturated heterocycles. The Hall–Kier alpha value is -3.73. The second-order valence-electron chi connectivity index (χ2n) is 7.83. The number of rotatable bonds is 4. The minimum absolute atomic E-state index is 0.0270. The van der Waals surface area contributed by atoms with E-state index in [2.05, 4.69) is 5.32 Å². The Morgan fingerprint density at radius 1 is 0.944 bits per heavy atom. The fourth-order valence-corrected chi connectivity index (χ4v) is 3.77. The molecule has 36 heavy (non-hydrogen) atoms. The molecule has 5 nitrogen and oxygen atoms in total. The van der Waals surface area contributed by atoms with Crippen LogP contribution in [0.15, 0.2) is 60.7 Å². The number of carbonyl (C=O) groups is 2. The van der Waals surface area contributed by atoms with Crippen LogP contribution >= 0.6 is 11.6 Å². The summed E-state index contributed by atoms with van der Waals surface area (Å²) in [6, 6.07) is 11.5. The number of hydrogen-bond donors (Lipinski definition) is 1. The van der Waals surface area contributed by atoms with Gasteiger partial charge in [0.2, 0.25) is 0 Å². The number of anilines is 2. The third-order valence-corrected chi connectivity index (χ3v) is 5.47. The molecule has 4 rings (SSSR count). The Bertz CT molecular complexity index is 1310. The highest BCUT2D eigenvalue weighted by Crippen LogP contribution is 2.38. The molecule has 0 aliphatic carbocycles. The predicted octanol–water partition coefficient (Wildman–Crippen LogP) is 6.56. The average Bonchev–Trinajstić information content (AvgIpc) is 2.79. The maximum Gasteiger partial charge on any atom is 0.416 e. The topological polar surface area (TPSA) is 58.6 Å². The highest BCUT2D eigenvalue weighted by molar-refractivity contribution is 6.30. The number of nitrogens with zero attached hydrogens (tertiary/aromatic N) is 1. The van der Waals surface area contributed by atoms with Gasteiger partial charge in [-0.25, -0.2) is 0 Å². The van der Waals surface area contributed by atoms with Crippen molar-refractivity contribution in [2.24, 2.45) is 0 Å². The van der Waals surface area contributed by atoms with E-state index < -0.39 is 40.9 Å². The molecule has 1 aliphatic rings. The smallest absolute Gasteiger partial charge is 0.416 e. The molecule has 0 unspecified atom stereocenters. The van der Waals surface area contributed by atoms with E-state index in [0.29, 0.717) is 28.5 Å². The average molecular weight is 529 g/mol. The van der Waals surface area contributed by atoms with Crippen molar-refractivity contribution in [1.82, 2.24) is 0 Å². The SMILES string of the molecule is O=C(Nc1ccc2c(c1)N(Cc1cccc(Cl)c1)C(=O)CO2)c1cc(C(F)(F)F)cc(C(F)(F)F)c1. The summed E-state index contributed by atoms with van der Waals surface area (Å²) in [5.41, 5.74) is -3.08. The van der Waals surface area contributed by atoms with E-state index in [1.165, 1.54) is 23.1 Å². The molecule has 2 amide bonds. The molecule has 3 aromatic carbocycles. The number of halogens is 7. The first-order valence-corrected chi connectivity index (χ1v) is 10.6. The highest BCUT2D eigenvalue weighted by atomic mass is 35.5. The minimum Gasteiger partial charge on any atom is -0.482 e. The molecule has 0 saturated carbocycles. The van der Waals surface area contributed by atoms with Crippen molar-refractivity contribution in [3.63, 3.8) is 0 Å². The maximum absolute atomic E-state index is 13.1. The molecular weight excluding hydrogens is 514 g/mol. The number of alkyl halides is 6. The van der Waals surface area contributed by atoms with Crippen LogP contribution in [0.3, 0.4) is 0 Å². The van der Waals surface area contributed by atoms with E-state index in [1.54, 1.807) is 24.3 Å². The van der Waals surface area contributed by atoms with Gasteiger partial charge >= 0.3 is 12.4 Å². The van der Waals surface area contributed by atoms with Gasteiger partial charge in [0.25, 0.3) is 11.8 Å². The Labute approximate surface area is 205 Å². The number of ether oxygens (including phenoxy) is 1. The van der Waals surface area contributed by atoms with Gasteiger partial charge in [-0.2, -0.15) is 26.3 Å². The van der Waals surface area contributed by atoms with E-state index in [4.69, 9.17) is 16.3 Å². The van der Waals surface area contributed by atoms with E-state index >= 15 is 0 Å². The summed E-state index contributed by atoms with van der Waals surface area (Å²) >= 11 is 6.00. The van der Waals surface area contributed by atoms with Crippen molar-refractivity contribution in [1.29, 1.82) is 0 Å². The minimum atomic E-state index is -5.10. The Morgan fingerprint density at radius 2 is 1.61 bits per heavy atom. The largest absolute Gasteiger partial charge is 0.482 e. The Kier molecular flexibility index (Phi) is 6.61. The molecule has 12 heteroatoms. The zero-order valence-corrected chi connectivity index (χ0v) is 18.8. The maximum atomic E-state index is 13.1. The third-order valence-electron chi connectivity index (χ3n) is 5.24. The fraction of sp³-hybridized carbons (Fsp3) is 0.167. The molecule has 1 N–H and O–H groups in total. The first-order valence-electron chi connectivity index (χ1n) is 10.2. The zero-order chi connectivity index (χ0) is 26.3. The van der Waals surface area contributed by atoms with Crippen LogP contribution in [0.4, 0.5) is 37.7 Å². The first-order chi connectivity index (χ1) is 16.8. The molecule has 0 radical (unpaired) electrons. The van der Waals surface area contributed by atoms with Gasteiger partial charge in [0.15, 0.2) is 6.61 Å². The van der Waals surface area contributed by atoms with Gasteiger partial charge < -0.3 is 15.0 Å². The highest BCUT2D eigenvalue weighted by Gasteiger charge is 2.37. The summed E-state index contributed by atoms with van der Waals surface area (Å²) in [6.45, 7) is -0.139. The number of nitrogens with one attached hydrogen (secondary N) is 1. The number of fused-ring (bicyclic) bond motifs is 1. The van der Waals surface area contributed by atoms with Gasteiger partial charge in [0.1, 0.15) is 5.75 Å². The number of hydrogen-bond acceptors (Lipinski definition) is 3. The first kappa shape index (κ1) is 25.4. The Morgan fingerprint density at radius 3 is 2.22 bits per heavy atom. The van der Waals surface area contributed by atoms with Crippen molar-refractivity contribution < 1.29 is 40.7 Å². The van der Waals surface area contributed by atoms with Crippen molar-refractivity contribution in [3.8, 4) is 5.75 Å². The van der Waals surface area contributed by atoms with Crippen LogP contribution in [0.25, 0.3) is 0 Å². The van der Waals surface area contributed by atoms with E-state index in [1.807, 2.05) is 0 Å². The lowest BCUT2D eigenvalue weighted by molar-refractivity contribution is -0.143. The monoisotopic (exact) mass is 528 g/mol. The van der Waals surface area contributed by atoms with Crippen LogP contribution < -0.4 is 15.0 Å². The second-order valence-corrected chi connectivity index (χ2v) is 8.27. The van der Waals surface area contributed by atoms with Crippen LogP contribution in [-0.2, 0) is 23.7 Å². The van der Waals surface area contributed by atoms with Crippen LogP contribution in [0, 0.1) is 0 Å². The molecule has 0 bridgehead atoms. The molecule has 0 fully saturated rings. The van der Waals surface area contributed by atoms with E-state index in [0.717, 1.165) is 0 Å². The molecule has 1 heterocycles. The summed E-state index contributed by atoms with van der Waals surface area (Å²) in [5, 5.41) is 2.74. The third kappa shape index (κ3) is 5.56. The molecule has 0 spiro atoms. The van der Waals surface area contributed by atoms with Gasteiger partial charge in [0.05, 0.1) is 23.4 Å². The van der Waals surface area contributed by atoms with Crippen molar-refractivity contribution >= 4 is 34.8 Å². The number of carbonyl (C=O) groups excluding carboxylic acids is 2. The van der Waals surface area contributed by atoms with Crippen LogP contribution in [-0.4, -0.2) is 18.4 Å². The second kappa shape index (κ2) is 9.38. The summed E-state index contributed by atoms with van der Waals surface area (Å²) in [5.74, 6) is -1.30. The zero-order valence-electron chi connectivity index (χ0n) is 18.0. The van der Waals surface area contributed by atoms with E-state index in [-0.39, 0.29) is 30.6 Å². The van der Waals surface area contributed by atoms with Gasteiger partial charge in [0, 0.05) is 16.3 Å². The standard InChI is InChI=1S/C24H15ClF6N2O3/c25-17-3-1-2-13(6-17)11-33-19-10-18(4-5-20(19)36-12-21(33)34)32-22(35)14-7-15(23(26,27)28)9-16(8-14)24(29,30)31/h1-10H,11-12H2,(H,32,35). The van der Waals surface area contributed by atoms with Crippen LogP contribution in [0.2, 0.25) is 5.02 Å². The molecule has 3 aromatic rings. The van der Waals surface area contributed by atoms with Crippen molar-refractivity contribution in [2.75, 3.05) is 16.8 Å². The summed E-state index contributed by atoms with van der Waals surface area (Å²) in [7, 11) is 0. The van der Waals surface area contributed by atoms with Crippen LogP contribution in [0.5, 0.6) is 5.75 Å². The van der Waals surface area contributed by atoms with Crippen LogP contribution in [0.1, 0.15) is 27.0 Å². The van der Waals surface area contributed by atoms with Gasteiger partial charge in [-0.1, -0.05) is 23.7 Å². The number of benzene rings is 3. The molecule has 188 valence electrons. The van der Waals surface area contributed by atoms with Gasteiger partial charge in [-0.3, -0.25) is 9.59 Å². The fourth-order valence-electron chi connectivity index (χ4n) is 3.56. The Balaban J connectivity index is 1.65. The van der Waals surface area contributed by atoms with E-state index in [9.17, 15) is 35.9 Å². The summed E-state index contributed by atoms with van der Waals surface area (Å²) in [4.78, 5) is 26.5. The molecule has 0 atom stereocenters. The van der Waals surface area contributed by atoms with Crippen molar-refractivity contribution in [3.05, 3.63) is 87.9 Å². The lowest BCUT2D eigenvalue weighted by atomic mass is 10.0. The lowest BCUT2D eigenvalue weighted by Crippen LogP contribution is -2.38. The van der Waals surface area contributed by atoms with Crippen molar-refractivity contribution in [2.45, 2.75) is 18.9 Å². The van der Waals surface area contributed by atoms with Gasteiger partial charge in [-0.05, 0) is 54.1 Å². The predicted molar refractivity (Wildman–Crippen MR) is 119 cm³/mol. The van der Waals surface area contributed by atoms with Gasteiger partial charge in [-0.15, -0.1) is 0 Å².